The van der Waals surface area contributed by atoms with Gasteiger partial charge in [0.1, 0.15) is 0 Å². The number of thiophene rings is 1. The van der Waals surface area contributed by atoms with E-state index in [9.17, 15) is 13.2 Å². The number of nitrogens with one attached hydrogen (secondary N) is 2. The number of anilines is 1. The normalized spacial score (nSPS) is 11.4. The van der Waals surface area contributed by atoms with Gasteiger partial charge >= 0.3 is 0 Å². The Morgan fingerprint density at radius 3 is 2.64 bits per heavy atom. The highest BCUT2D eigenvalue weighted by Gasteiger charge is 2.11. The van der Waals surface area contributed by atoms with E-state index in [1.54, 1.807) is 6.07 Å². The summed E-state index contributed by atoms with van der Waals surface area (Å²) in [5.74, 6) is -0.181. The van der Waals surface area contributed by atoms with Gasteiger partial charge in [-0.15, -0.1) is 11.3 Å². The SMILES string of the molecule is CS(=O)(=O)NCCc1ccc(C(=O)Nc2ccccc2Br)s1. The van der Waals surface area contributed by atoms with Crippen LogP contribution in [0.15, 0.2) is 40.9 Å². The maximum absolute atomic E-state index is 12.2. The number of hydrogen-bond acceptors (Lipinski definition) is 4. The molecule has 1 aromatic heterocycles. The van der Waals surface area contributed by atoms with Gasteiger partial charge in [-0.3, -0.25) is 4.79 Å². The molecule has 0 bridgehead atoms. The van der Waals surface area contributed by atoms with Crippen LogP contribution in [0.2, 0.25) is 0 Å². The summed E-state index contributed by atoms with van der Waals surface area (Å²) in [5, 5.41) is 2.83. The lowest BCUT2D eigenvalue weighted by Gasteiger charge is -2.05. The third kappa shape index (κ3) is 5.20. The summed E-state index contributed by atoms with van der Waals surface area (Å²) >= 11 is 4.73. The Kier molecular flexibility index (Phi) is 5.74. The summed E-state index contributed by atoms with van der Waals surface area (Å²) in [5.41, 5.74) is 0.709. The third-order valence-corrected chi connectivity index (χ3v) is 5.31. The van der Waals surface area contributed by atoms with Crippen molar-refractivity contribution < 1.29 is 13.2 Å². The Hall–Kier alpha value is -1.22. The Morgan fingerprint density at radius 1 is 1.23 bits per heavy atom. The molecule has 0 fully saturated rings. The molecule has 0 radical (unpaired) electrons. The van der Waals surface area contributed by atoms with Crippen molar-refractivity contribution in [1.82, 2.24) is 4.72 Å². The zero-order valence-electron chi connectivity index (χ0n) is 11.8. The predicted molar refractivity (Wildman–Crippen MR) is 93.0 cm³/mol. The molecular weight excluding hydrogens is 388 g/mol. The van der Waals surface area contributed by atoms with Crippen molar-refractivity contribution in [3.8, 4) is 0 Å². The zero-order valence-corrected chi connectivity index (χ0v) is 15.0. The van der Waals surface area contributed by atoms with Crippen molar-refractivity contribution in [1.29, 1.82) is 0 Å². The molecule has 22 heavy (non-hydrogen) atoms. The average Bonchev–Trinajstić information content (AvgIpc) is 2.89. The van der Waals surface area contributed by atoms with Gasteiger partial charge in [-0.25, -0.2) is 13.1 Å². The fraction of sp³-hybridized carbons (Fsp3) is 0.214. The highest BCUT2D eigenvalue weighted by Crippen LogP contribution is 2.23. The number of halogens is 1. The van der Waals surface area contributed by atoms with E-state index in [1.807, 2.05) is 30.3 Å². The molecule has 0 spiro atoms. The first-order chi connectivity index (χ1) is 10.3. The van der Waals surface area contributed by atoms with Gasteiger partial charge in [0.15, 0.2) is 0 Å². The fourth-order valence-corrected chi connectivity index (χ4v) is 3.50. The first-order valence-electron chi connectivity index (χ1n) is 6.44. The van der Waals surface area contributed by atoms with Gasteiger partial charge in [0.25, 0.3) is 5.91 Å². The second-order valence-corrected chi connectivity index (χ2v) is 8.47. The van der Waals surface area contributed by atoms with E-state index >= 15 is 0 Å². The molecule has 0 saturated heterocycles. The number of para-hydroxylation sites is 1. The summed E-state index contributed by atoms with van der Waals surface area (Å²) in [6, 6.07) is 11.0. The van der Waals surface area contributed by atoms with E-state index in [0.717, 1.165) is 15.6 Å². The largest absolute Gasteiger partial charge is 0.320 e. The van der Waals surface area contributed by atoms with E-state index in [2.05, 4.69) is 26.0 Å². The Bertz CT molecular complexity index is 772. The summed E-state index contributed by atoms with van der Waals surface area (Å²) in [7, 11) is -3.18. The molecule has 0 aliphatic heterocycles. The number of carbonyl (C=O) groups excluding carboxylic acids is 1. The van der Waals surface area contributed by atoms with Crippen molar-refractivity contribution in [2.75, 3.05) is 18.1 Å². The molecule has 1 amide bonds. The summed E-state index contributed by atoms with van der Waals surface area (Å²) in [6.07, 6.45) is 1.68. The van der Waals surface area contributed by atoms with Gasteiger partial charge in [-0.2, -0.15) is 0 Å². The minimum atomic E-state index is -3.18. The van der Waals surface area contributed by atoms with Crippen LogP contribution in [-0.4, -0.2) is 27.1 Å². The molecule has 0 aliphatic rings. The molecule has 0 unspecified atom stereocenters. The molecule has 2 rings (SSSR count). The maximum atomic E-state index is 12.2. The molecule has 1 aromatic carbocycles. The van der Waals surface area contributed by atoms with Crippen LogP contribution in [0, 0.1) is 0 Å². The van der Waals surface area contributed by atoms with Gasteiger partial charge in [0.2, 0.25) is 10.0 Å². The Morgan fingerprint density at radius 2 is 1.95 bits per heavy atom. The minimum Gasteiger partial charge on any atom is -0.320 e. The van der Waals surface area contributed by atoms with E-state index in [1.165, 1.54) is 11.3 Å². The van der Waals surface area contributed by atoms with Crippen LogP contribution in [0.25, 0.3) is 0 Å². The molecule has 2 aromatic rings. The van der Waals surface area contributed by atoms with Crippen molar-refractivity contribution >= 4 is 48.9 Å². The quantitative estimate of drug-likeness (QED) is 0.779. The molecule has 2 N–H and O–H groups in total. The lowest BCUT2D eigenvalue weighted by Crippen LogP contribution is -2.24. The van der Waals surface area contributed by atoms with Gasteiger partial charge in [0, 0.05) is 15.9 Å². The Balaban J connectivity index is 1.96. The molecule has 1 heterocycles. The first kappa shape index (κ1) is 17.1. The third-order valence-electron chi connectivity index (χ3n) is 2.74. The van der Waals surface area contributed by atoms with Crippen molar-refractivity contribution in [2.45, 2.75) is 6.42 Å². The summed E-state index contributed by atoms with van der Waals surface area (Å²) in [6.45, 7) is 0.324. The number of sulfonamides is 1. The van der Waals surface area contributed by atoms with Crippen molar-refractivity contribution in [2.24, 2.45) is 0 Å². The number of benzene rings is 1. The lowest BCUT2D eigenvalue weighted by molar-refractivity contribution is 0.103. The van der Waals surface area contributed by atoms with Crippen LogP contribution in [0.5, 0.6) is 0 Å². The predicted octanol–water partition coefficient (Wildman–Crippen LogP) is 2.85. The highest BCUT2D eigenvalue weighted by molar-refractivity contribution is 9.10. The van der Waals surface area contributed by atoms with Crippen LogP contribution in [0.4, 0.5) is 5.69 Å². The molecular formula is C14H15BrN2O3S2. The van der Waals surface area contributed by atoms with E-state index < -0.39 is 10.0 Å². The van der Waals surface area contributed by atoms with Gasteiger partial charge < -0.3 is 5.32 Å². The molecule has 118 valence electrons. The second kappa shape index (κ2) is 7.36. The molecule has 0 atom stereocenters. The number of amides is 1. The zero-order chi connectivity index (χ0) is 16.2. The number of rotatable bonds is 6. The van der Waals surface area contributed by atoms with Crippen LogP contribution in [0.3, 0.4) is 0 Å². The standard InChI is InChI=1S/C14H15BrN2O3S2/c1-22(19,20)16-9-8-10-6-7-13(21-10)14(18)17-12-5-3-2-4-11(12)15/h2-7,16H,8-9H2,1H3,(H,17,18). The highest BCUT2D eigenvalue weighted by atomic mass is 79.9. The van der Waals surface area contributed by atoms with Crippen LogP contribution in [-0.2, 0) is 16.4 Å². The average molecular weight is 403 g/mol. The first-order valence-corrected chi connectivity index (χ1v) is 9.94. The molecule has 0 saturated carbocycles. The topological polar surface area (TPSA) is 75.3 Å². The molecule has 0 aliphatic carbocycles. The maximum Gasteiger partial charge on any atom is 0.265 e. The van der Waals surface area contributed by atoms with Crippen molar-refractivity contribution in [3.63, 3.8) is 0 Å². The summed E-state index contributed by atoms with van der Waals surface area (Å²) < 4.78 is 25.2. The summed E-state index contributed by atoms with van der Waals surface area (Å²) in [4.78, 5) is 13.7. The van der Waals surface area contributed by atoms with E-state index in [-0.39, 0.29) is 5.91 Å². The van der Waals surface area contributed by atoms with Crippen molar-refractivity contribution in [3.05, 3.63) is 50.6 Å². The van der Waals surface area contributed by atoms with Crippen LogP contribution >= 0.6 is 27.3 Å². The monoisotopic (exact) mass is 402 g/mol. The lowest BCUT2D eigenvalue weighted by atomic mass is 10.3. The van der Waals surface area contributed by atoms with E-state index in [4.69, 9.17) is 0 Å². The molecule has 5 nitrogen and oxygen atoms in total. The second-order valence-electron chi connectivity index (χ2n) is 4.62. The number of hydrogen-bond donors (Lipinski definition) is 2. The van der Waals surface area contributed by atoms with E-state index in [0.29, 0.717) is 23.5 Å². The fourth-order valence-electron chi connectivity index (χ4n) is 1.74. The van der Waals surface area contributed by atoms with Crippen LogP contribution < -0.4 is 10.0 Å². The smallest absolute Gasteiger partial charge is 0.265 e. The Labute approximate surface area is 141 Å². The van der Waals surface area contributed by atoms with Gasteiger partial charge in [-0.05, 0) is 46.6 Å². The van der Waals surface area contributed by atoms with Gasteiger partial charge in [-0.1, -0.05) is 12.1 Å². The molecule has 8 heteroatoms. The minimum absolute atomic E-state index is 0.181. The van der Waals surface area contributed by atoms with Crippen LogP contribution in [0.1, 0.15) is 14.5 Å². The number of carbonyl (C=O) groups is 1. The van der Waals surface area contributed by atoms with Gasteiger partial charge in [0.05, 0.1) is 16.8 Å².